The monoisotopic (exact) mass is 326 g/mol. The van der Waals surface area contributed by atoms with E-state index in [1.807, 2.05) is 61.7 Å². The Morgan fingerprint density at radius 1 is 1.26 bits per heavy atom. The Balaban J connectivity index is 1.66. The molecule has 0 bridgehead atoms. The van der Waals surface area contributed by atoms with Gasteiger partial charge in [-0.3, -0.25) is 4.79 Å². The lowest BCUT2D eigenvalue weighted by Crippen LogP contribution is -2.28. The van der Waals surface area contributed by atoms with E-state index in [-0.39, 0.29) is 18.4 Å². The molecule has 0 saturated heterocycles. The maximum Gasteiger partial charge on any atom is 0.236 e. The number of nitrogens with one attached hydrogen (secondary N) is 1. The van der Waals surface area contributed by atoms with Crippen molar-refractivity contribution in [1.82, 2.24) is 10.3 Å². The molecule has 5 heteroatoms. The van der Waals surface area contributed by atoms with Crippen molar-refractivity contribution in [3.05, 3.63) is 64.9 Å². The second-order valence-electron chi connectivity index (χ2n) is 5.38. The topological polar surface area (TPSA) is 55.1 Å². The molecule has 1 atom stereocenters. The second-order valence-corrected chi connectivity index (χ2v) is 6.32. The Labute approximate surface area is 139 Å². The molecular weight excluding hydrogens is 308 g/mol. The lowest BCUT2D eigenvalue weighted by atomic mass is 10.1. The van der Waals surface area contributed by atoms with Crippen molar-refractivity contribution in [2.75, 3.05) is 0 Å². The SMILES string of the molecule is Cc1oc(-c2cccs2)nc1CC(=O)NC(C)c1ccccc1. The Hall–Kier alpha value is -2.40. The van der Waals surface area contributed by atoms with Gasteiger partial charge >= 0.3 is 0 Å². The maximum atomic E-state index is 12.3. The van der Waals surface area contributed by atoms with Crippen LogP contribution in [0.4, 0.5) is 0 Å². The van der Waals surface area contributed by atoms with Gasteiger partial charge in [-0.2, -0.15) is 0 Å². The summed E-state index contributed by atoms with van der Waals surface area (Å²) in [6.07, 6.45) is 0.220. The van der Waals surface area contributed by atoms with Crippen molar-refractivity contribution in [3.63, 3.8) is 0 Å². The van der Waals surface area contributed by atoms with Gasteiger partial charge in [-0.1, -0.05) is 36.4 Å². The normalized spacial score (nSPS) is 12.1. The average Bonchev–Trinajstić information content (AvgIpc) is 3.18. The summed E-state index contributed by atoms with van der Waals surface area (Å²) in [6.45, 7) is 3.81. The number of carbonyl (C=O) groups excluding carboxylic acids is 1. The molecule has 2 heterocycles. The van der Waals surface area contributed by atoms with Gasteiger partial charge in [0.05, 0.1) is 23.0 Å². The van der Waals surface area contributed by atoms with Gasteiger partial charge in [0.2, 0.25) is 11.8 Å². The van der Waals surface area contributed by atoms with Crippen molar-refractivity contribution in [1.29, 1.82) is 0 Å². The molecule has 0 aliphatic heterocycles. The molecule has 0 aliphatic rings. The number of aryl methyl sites for hydroxylation is 1. The van der Waals surface area contributed by atoms with Crippen LogP contribution < -0.4 is 5.32 Å². The van der Waals surface area contributed by atoms with Crippen LogP contribution in [0.3, 0.4) is 0 Å². The van der Waals surface area contributed by atoms with Gasteiger partial charge in [-0.05, 0) is 30.9 Å². The largest absolute Gasteiger partial charge is 0.440 e. The average molecular weight is 326 g/mol. The highest BCUT2D eigenvalue weighted by Gasteiger charge is 2.16. The first-order valence-electron chi connectivity index (χ1n) is 7.48. The van der Waals surface area contributed by atoms with Crippen molar-refractivity contribution in [2.45, 2.75) is 26.3 Å². The third-order valence-electron chi connectivity index (χ3n) is 3.63. The number of carbonyl (C=O) groups is 1. The third-order valence-corrected chi connectivity index (χ3v) is 4.49. The van der Waals surface area contributed by atoms with Gasteiger partial charge in [-0.25, -0.2) is 4.98 Å². The van der Waals surface area contributed by atoms with Crippen LogP contribution in [0, 0.1) is 6.92 Å². The van der Waals surface area contributed by atoms with Crippen molar-refractivity contribution in [2.24, 2.45) is 0 Å². The van der Waals surface area contributed by atoms with Crippen molar-refractivity contribution in [3.8, 4) is 10.8 Å². The van der Waals surface area contributed by atoms with E-state index in [9.17, 15) is 4.79 Å². The highest BCUT2D eigenvalue weighted by molar-refractivity contribution is 7.13. The number of nitrogens with zero attached hydrogens (tertiary/aromatic N) is 1. The van der Waals surface area contributed by atoms with Crippen LogP contribution in [0.1, 0.15) is 30.0 Å². The standard InChI is InChI=1S/C18H18N2O2S/c1-12(14-7-4-3-5-8-14)19-17(21)11-15-13(2)22-18(20-15)16-9-6-10-23-16/h3-10,12H,11H2,1-2H3,(H,19,21). The minimum Gasteiger partial charge on any atom is -0.440 e. The molecule has 3 rings (SSSR count). The summed E-state index contributed by atoms with van der Waals surface area (Å²) in [5.41, 5.74) is 1.77. The van der Waals surface area contributed by atoms with Crippen LogP contribution in [-0.2, 0) is 11.2 Å². The number of rotatable bonds is 5. The van der Waals surface area contributed by atoms with Gasteiger partial charge in [0, 0.05) is 0 Å². The Bertz CT molecular complexity index is 779. The second kappa shape index (κ2) is 6.79. The minimum absolute atomic E-state index is 0.0346. The Kier molecular flexibility index (Phi) is 4.57. The van der Waals surface area contributed by atoms with Crippen LogP contribution in [0.5, 0.6) is 0 Å². The maximum absolute atomic E-state index is 12.3. The number of hydrogen-bond donors (Lipinski definition) is 1. The first-order valence-corrected chi connectivity index (χ1v) is 8.36. The van der Waals surface area contributed by atoms with Gasteiger partial charge in [0.1, 0.15) is 5.76 Å². The number of oxazole rings is 1. The van der Waals surface area contributed by atoms with E-state index in [4.69, 9.17) is 4.42 Å². The summed E-state index contributed by atoms with van der Waals surface area (Å²) in [7, 11) is 0. The van der Waals surface area contributed by atoms with Crippen LogP contribution in [0.2, 0.25) is 0 Å². The lowest BCUT2D eigenvalue weighted by molar-refractivity contribution is -0.121. The summed E-state index contributed by atoms with van der Waals surface area (Å²) in [4.78, 5) is 17.7. The molecule has 0 aliphatic carbocycles. The van der Waals surface area contributed by atoms with Gasteiger partial charge in [0.15, 0.2) is 0 Å². The molecule has 2 aromatic heterocycles. The van der Waals surface area contributed by atoms with Gasteiger partial charge in [-0.15, -0.1) is 11.3 Å². The van der Waals surface area contributed by atoms with E-state index in [1.165, 1.54) is 0 Å². The molecule has 0 spiro atoms. The van der Waals surface area contributed by atoms with Crippen LogP contribution >= 0.6 is 11.3 Å². The fourth-order valence-corrected chi connectivity index (χ4v) is 3.02. The van der Waals surface area contributed by atoms with Crippen molar-refractivity contribution >= 4 is 17.2 Å². The van der Waals surface area contributed by atoms with E-state index >= 15 is 0 Å². The van der Waals surface area contributed by atoms with E-state index in [1.54, 1.807) is 11.3 Å². The van der Waals surface area contributed by atoms with E-state index in [0.717, 1.165) is 10.4 Å². The summed E-state index contributed by atoms with van der Waals surface area (Å²) in [5.74, 6) is 1.21. The van der Waals surface area contributed by atoms with Crippen LogP contribution in [0.25, 0.3) is 10.8 Å². The van der Waals surface area contributed by atoms with Gasteiger partial charge < -0.3 is 9.73 Å². The van der Waals surface area contributed by atoms with Crippen LogP contribution in [0.15, 0.2) is 52.3 Å². The quantitative estimate of drug-likeness (QED) is 0.767. The van der Waals surface area contributed by atoms with Gasteiger partial charge in [0.25, 0.3) is 0 Å². The molecule has 0 fully saturated rings. The zero-order chi connectivity index (χ0) is 16.2. The first kappa shape index (κ1) is 15.5. The zero-order valence-corrected chi connectivity index (χ0v) is 13.9. The highest BCUT2D eigenvalue weighted by atomic mass is 32.1. The molecule has 118 valence electrons. The van der Waals surface area contributed by atoms with E-state index < -0.39 is 0 Å². The summed E-state index contributed by atoms with van der Waals surface area (Å²) < 4.78 is 5.67. The first-order chi connectivity index (χ1) is 11.1. The zero-order valence-electron chi connectivity index (χ0n) is 13.1. The lowest BCUT2D eigenvalue weighted by Gasteiger charge is -2.13. The highest BCUT2D eigenvalue weighted by Crippen LogP contribution is 2.26. The molecular formula is C18H18N2O2S. The molecule has 0 radical (unpaired) electrons. The predicted octanol–water partition coefficient (Wildman–Crippen LogP) is 4.13. The molecule has 1 amide bonds. The Morgan fingerprint density at radius 3 is 2.74 bits per heavy atom. The number of benzene rings is 1. The third kappa shape index (κ3) is 3.68. The molecule has 4 nitrogen and oxygen atoms in total. The van der Waals surface area contributed by atoms with E-state index in [2.05, 4.69) is 10.3 Å². The fourth-order valence-electron chi connectivity index (χ4n) is 2.37. The number of hydrogen-bond acceptors (Lipinski definition) is 4. The number of thiophene rings is 1. The smallest absolute Gasteiger partial charge is 0.236 e. The molecule has 0 saturated carbocycles. The molecule has 23 heavy (non-hydrogen) atoms. The molecule has 1 N–H and O–H groups in total. The fraction of sp³-hybridized carbons (Fsp3) is 0.222. The van der Waals surface area contributed by atoms with Crippen LogP contribution in [-0.4, -0.2) is 10.9 Å². The predicted molar refractivity (Wildman–Crippen MR) is 91.3 cm³/mol. The number of aromatic nitrogens is 1. The van der Waals surface area contributed by atoms with E-state index in [0.29, 0.717) is 17.3 Å². The Morgan fingerprint density at radius 2 is 2.04 bits per heavy atom. The number of amides is 1. The molecule has 3 aromatic rings. The molecule has 1 unspecified atom stereocenters. The molecule has 1 aromatic carbocycles. The summed E-state index contributed by atoms with van der Waals surface area (Å²) in [6, 6.07) is 13.8. The van der Waals surface area contributed by atoms with Crippen molar-refractivity contribution < 1.29 is 9.21 Å². The summed E-state index contributed by atoms with van der Waals surface area (Å²) in [5, 5.41) is 4.97. The summed E-state index contributed by atoms with van der Waals surface area (Å²) >= 11 is 1.57. The minimum atomic E-state index is -0.0597.